The molecule has 0 fully saturated rings. The lowest BCUT2D eigenvalue weighted by molar-refractivity contribution is -0.136. The first-order valence-corrected chi connectivity index (χ1v) is 8.02. The molecule has 0 heterocycles. The molecule has 3 N–H and O–H groups in total. The average molecular weight is 380 g/mol. The lowest BCUT2D eigenvalue weighted by Gasteiger charge is -2.09. The van der Waals surface area contributed by atoms with Crippen LogP contribution in [0.4, 0.5) is 11.4 Å². The zero-order valence-corrected chi connectivity index (χ0v) is 14.7. The molecule has 0 aliphatic rings. The summed E-state index contributed by atoms with van der Waals surface area (Å²) in [5.74, 6) is -2.33. The van der Waals surface area contributed by atoms with Gasteiger partial charge in [-0.3, -0.25) is 14.4 Å². The molecule has 0 unspecified atom stereocenters. The zero-order chi connectivity index (χ0) is 18.4. The molecule has 0 aliphatic heterocycles. The van der Waals surface area contributed by atoms with E-state index in [1.54, 1.807) is 42.5 Å². The Kier molecular flexibility index (Phi) is 6.38. The molecule has 0 spiro atoms. The molecule has 6 nitrogen and oxygen atoms in total. The quantitative estimate of drug-likeness (QED) is 0.713. The predicted molar refractivity (Wildman–Crippen MR) is 97.9 cm³/mol. The monoisotopic (exact) mass is 379 g/mol. The van der Waals surface area contributed by atoms with Gasteiger partial charge < -0.3 is 16.0 Å². The molecule has 2 aromatic carbocycles. The van der Waals surface area contributed by atoms with Crippen molar-refractivity contribution in [1.82, 2.24) is 5.32 Å². The van der Waals surface area contributed by atoms with E-state index in [4.69, 9.17) is 23.2 Å². The van der Waals surface area contributed by atoms with E-state index < -0.39 is 17.7 Å². The van der Waals surface area contributed by atoms with E-state index in [1.807, 2.05) is 6.92 Å². The minimum atomic E-state index is -0.923. The molecule has 3 amide bonds. The van der Waals surface area contributed by atoms with Crippen LogP contribution in [0.25, 0.3) is 0 Å². The van der Waals surface area contributed by atoms with Crippen LogP contribution in [0.5, 0.6) is 0 Å². The van der Waals surface area contributed by atoms with Crippen LogP contribution in [0, 0.1) is 6.92 Å². The minimum Gasteiger partial charge on any atom is -0.339 e. The second-order valence-corrected chi connectivity index (χ2v) is 5.94. The van der Waals surface area contributed by atoms with E-state index in [0.29, 0.717) is 16.4 Å². The van der Waals surface area contributed by atoms with Crippen molar-refractivity contribution in [2.75, 3.05) is 17.2 Å². The maximum Gasteiger partial charge on any atom is 0.313 e. The molecule has 0 atom stereocenters. The molecule has 0 bridgehead atoms. The van der Waals surface area contributed by atoms with Gasteiger partial charge in [0.1, 0.15) is 0 Å². The van der Waals surface area contributed by atoms with Gasteiger partial charge in [-0.15, -0.1) is 0 Å². The molecule has 0 aromatic heterocycles. The van der Waals surface area contributed by atoms with E-state index in [9.17, 15) is 14.4 Å². The summed E-state index contributed by atoms with van der Waals surface area (Å²) < 4.78 is 0. The van der Waals surface area contributed by atoms with Gasteiger partial charge in [-0.05, 0) is 31.2 Å². The van der Waals surface area contributed by atoms with Crippen molar-refractivity contribution in [2.45, 2.75) is 6.92 Å². The number of halogens is 2. The number of rotatable bonds is 4. The zero-order valence-electron chi connectivity index (χ0n) is 13.2. The lowest BCUT2D eigenvalue weighted by atomic mass is 10.2. The second kappa shape index (κ2) is 8.50. The number of aryl methyl sites for hydroxylation is 1. The molecule has 25 heavy (non-hydrogen) atoms. The highest BCUT2D eigenvalue weighted by molar-refractivity contribution is 6.44. The number of carbonyl (C=O) groups excluding carboxylic acids is 3. The highest BCUT2D eigenvalue weighted by Gasteiger charge is 2.15. The van der Waals surface area contributed by atoms with Crippen molar-refractivity contribution < 1.29 is 14.4 Å². The Labute approximate surface area is 154 Å². The fraction of sp³-hybridized carbons (Fsp3) is 0.118. The van der Waals surface area contributed by atoms with Crippen LogP contribution in [0.1, 0.15) is 5.56 Å². The highest BCUT2D eigenvalue weighted by Crippen LogP contribution is 2.29. The largest absolute Gasteiger partial charge is 0.339 e. The van der Waals surface area contributed by atoms with Crippen LogP contribution in [0.2, 0.25) is 10.0 Å². The Hall–Kier alpha value is -2.57. The van der Waals surface area contributed by atoms with E-state index in [-0.39, 0.29) is 11.6 Å². The van der Waals surface area contributed by atoms with E-state index in [2.05, 4.69) is 16.0 Å². The van der Waals surface area contributed by atoms with Crippen LogP contribution in [-0.2, 0) is 14.4 Å². The Morgan fingerprint density at radius 2 is 1.60 bits per heavy atom. The van der Waals surface area contributed by atoms with Gasteiger partial charge in [-0.25, -0.2) is 0 Å². The van der Waals surface area contributed by atoms with Crippen molar-refractivity contribution >= 4 is 52.3 Å². The van der Waals surface area contributed by atoms with Crippen molar-refractivity contribution in [3.8, 4) is 0 Å². The molecular weight excluding hydrogens is 365 g/mol. The topological polar surface area (TPSA) is 87.3 Å². The predicted octanol–water partition coefficient (Wildman–Crippen LogP) is 3.00. The summed E-state index contributed by atoms with van der Waals surface area (Å²) in [5.41, 5.74) is 1.83. The number of hydrogen-bond donors (Lipinski definition) is 3. The van der Waals surface area contributed by atoms with Gasteiger partial charge in [0.15, 0.2) is 0 Å². The Bertz CT molecular complexity index is 807. The number of carbonyl (C=O) groups is 3. The third kappa shape index (κ3) is 5.48. The minimum absolute atomic E-state index is 0.195. The van der Waals surface area contributed by atoms with Gasteiger partial charge in [0, 0.05) is 5.69 Å². The number of anilines is 2. The fourth-order valence-electron chi connectivity index (χ4n) is 1.86. The molecule has 0 aliphatic carbocycles. The van der Waals surface area contributed by atoms with Gasteiger partial charge in [0.2, 0.25) is 5.91 Å². The van der Waals surface area contributed by atoms with Crippen molar-refractivity contribution in [3.63, 3.8) is 0 Å². The van der Waals surface area contributed by atoms with Gasteiger partial charge in [-0.1, -0.05) is 47.0 Å². The van der Waals surface area contributed by atoms with Crippen LogP contribution < -0.4 is 16.0 Å². The van der Waals surface area contributed by atoms with Crippen LogP contribution in [0.15, 0.2) is 42.5 Å². The molecule has 2 aromatic rings. The van der Waals surface area contributed by atoms with Crippen LogP contribution in [0.3, 0.4) is 0 Å². The Morgan fingerprint density at radius 1 is 0.920 bits per heavy atom. The number of benzene rings is 2. The van der Waals surface area contributed by atoms with Crippen molar-refractivity contribution in [1.29, 1.82) is 0 Å². The SMILES string of the molecule is Cc1ccc(NC(=O)C(=O)NCC(=O)Nc2cccc(Cl)c2Cl)cc1. The van der Waals surface area contributed by atoms with Crippen LogP contribution in [-0.4, -0.2) is 24.3 Å². The van der Waals surface area contributed by atoms with Crippen molar-refractivity contribution in [3.05, 3.63) is 58.1 Å². The van der Waals surface area contributed by atoms with Gasteiger partial charge in [0.05, 0.1) is 22.3 Å². The van der Waals surface area contributed by atoms with Crippen LogP contribution >= 0.6 is 23.2 Å². The molecule has 0 saturated carbocycles. The molecular formula is C17H15Cl2N3O3. The summed E-state index contributed by atoms with van der Waals surface area (Å²) in [7, 11) is 0. The molecule has 8 heteroatoms. The van der Waals surface area contributed by atoms with E-state index >= 15 is 0 Å². The van der Waals surface area contributed by atoms with Gasteiger partial charge >= 0.3 is 11.8 Å². The first kappa shape index (κ1) is 18.8. The highest BCUT2D eigenvalue weighted by atomic mass is 35.5. The fourth-order valence-corrected chi connectivity index (χ4v) is 2.21. The number of nitrogens with one attached hydrogen (secondary N) is 3. The third-order valence-electron chi connectivity index (χ3n) is 3.15. The third-order valence-corrected chi connectivity index (χ3v) is 3.97. The van der Waals surface area contributed by atoms with Gasteiger partial charge in [0.25, 0.3) is 0 Å². The first-order chi connectivity index (χ1) is 11.9. The summed E-state index contributed by atoms with van der Waals surface area (Å²) in [6.07, 6.45) is 0. The molecule has 0 radical (unpaired) electrons. The number of hydrogen-bond acceptors (Lipinski definition) is 3. The normalized spacial score (nSPS) is 10.0. The summed E-state index contributed by atoms with van der Waals surface area (Å²) in [4.78, 5) is 35.4. The first-order valence-electron chi connectivity index (χ1n) is 7.26. The molecule has 2 rings (SSSR count). The summed E-state index contributed by atoms with van der Waals surface area (Å²) in [6.45, 7) is 1.52. The maximum absolute atomic E-state index is 11.8. The average Bonchev–Trinajstić information content (AvgIpc) is 2.59. The van der Waals surface area contributed by atoms with Gasteiger partial charge in [-0.2, -0.15) is 0 Å². The maximum atomic E-state index is 11.8. The van der Waals surface area contributed by atoms with Crippen molar-refractivity contribution in [2.24, 2.45) is 0 Å². The Morgan fingerprint density at radius 3 is 2.28 bits per heavy atom. The van der Waals surface area contributed by atoms with E-state index in [1.165, 1.54) is 0 Å². The summed E-state index contributed by atoms with van der Waals surface area (Å²) in [6, 6.07) is 11.7. The van der Waals surface area contributed by atoms with E-state index in [0.717, 1.165) is 5.56 Å². The summed E-state index contributed by atoms with van der Waals surface area (Å²) in [5, 5.41) is 7.65. The lowest BCUT2D eigenvalue weighted by Crippen LogP contribution is -2.39. The Balaban J connectivity index is 1.84. The molecule has 0 saturated heterocycles. The standard InChI is InChI=1S/C17H15Cl2N3O3/c1-10-5-7-11(8-6-10)21-17(25)16(24)20-9-14(23)22-13-4-2-3-12(18)15(13)19/h2-8H,9H2,1H3,(H,20,24)(H,21,25)(H,22,23). The summed E-state index contributed by atoms with van der Waals surface area (Å²) >= 11 is 11.8. The smallest absolute Gasteiger partial charge is 0.313 e. The second-order valence-electron chi connectivity index (χ2n) is 5.15. The number of amides is 3. The molecule has 130 valence electrons.